The Hall–Kier alpha value is -2.68. The summed E-state index contributed by atoms with van der Waals surface area (Å²) < 4.78 is 0. The van der Waals surface area contributed by atoms with Gasteiger partial charge in [0.25, 0.3) is 0 Å². The lowest BCUT2D eigenvalue weighted by Crippen LogP contribution is -3.01. The van der Waals surface area contributed by atoms with Gasteiger partial charge in [0.2, 0.25) is 0 Å². The van der Waals surface area contributed by atoms with E-state index >= 15 is 0 Å². The van der Waals surface area contributed by atoms with Gasteiger partial charge in [0.05, 0.1) is 0 Å². The summed E-state index contributed by atoms with van der Waals surface area (Å²) in [6.07, 6.45) is 3.44. The van der Waals surface area contributed by atoms with Gasteiger partial charge in [-0.1, -0.05) is 13.3 Å². The van der Waals surface area contributed by atoms with Crippen LogP contribution in [0.3, 0.4) is 0 Å². The number of hydrogen-bond donors (Lipinski definition) is 1. The summed E-state index contributed by atoms with van der Waals surface area (Å²) in [6.45, 7) is 3.26. The van der Waals surface area contributed by atoms with Gasteiger partial charge in [-0.25, -0.2) is 21.0 Å². The second-order valence-electron chi connectivity index (χ2n) is 3.51. The second-order valence-corrected chi connectivity index (χ2v) is 3.51. The minimum absolute atomic E-state index is 1.08. The first kappa shape index (κ1) is 15.3. The Bertz CT molecular complexity index is 409. The van der Waals surface area contributed by atoms with E-state index in [9.17, 15) is 0 Å². The van der Waals surface area contributed by atoms with Gasteiger partial charge in [0, 0.05) is 5.22 Å². The van der Waals surface area contributed by atoms with Crippen molar-refractivity contribution in [3.63, 3.8) is 0 Å². The molecule has 0 fully saturated rings. The fourth-order valence-electron chi connectivity index (χ4n) is 0.925. The number of nitrogens with one attached hydrogen (secondary N) is 1. The first-order chi connectivity index (χ1) is 8.67. The highest BCUT2D eigenvalue weighted by Crippen LogP contribution is 1.92. The predicted octanol–water partition coefficient (Wildman–Crippen LogP) is 0.210. The topological polar surface area (TPSA) is 124 Å². The maximum Gasteiger partial charge on any atom is 0.383 e. The normalized spacial score (nSPS) is 15.5. The van der Waals surface area contributed by atoms with E-state index in [-0.39, 0.29) is 0 Å². The number of nitrogens with zero attached hydrogens (tertiary/aromatic N) is 6. The van der Waals surface area contributed by atoms with E-state index in [0.29, 0.717) is 0 Å². The summed E-state index contributed by atoms with van der Waals surface area (Å²) in [4.78, 5) is 0. The Kier molecular flexibility index (Phi) is 7.21. The molecule has 1 aliphatic rings. The van der Waals surface area contributed by atoms with E-state index in [2.05, 4.69) is 17.3 Å². The fraction of sp³-hybridized carbons (Fsp3) is 0.400. The van der Waals surface area contributed by atoms with Crippen LogP contribution in [0.15, 0.2) is 22.7 Å². The van der Waals surface area contributed by atoms with Gasteiger partial charge in [-0.15, -0.1) is 29.0 Å². The molecule has 90 valence electrons. The number of nitriles is 4. The molecule has 0 aromatic heterocycles. The number of unbranched alkanes of at least 4 members (excludes halogenated alkanes) is 1. The zero-order chi connectivity index (χ0) is 13.9. The molecule has 1 rings (SSSR count). The van der Waals surface area contributed by atoms with Gasteiger partial charge in [0.1, 0.15) is 18.9 Å². The van der Waals surface area contributed by atoms with Crippen LogP contribution >= 0.6 is 0 Å². The van der Waals surface area contributed by atoms with E-state index < -0.39 is 6.15 Å². The third-order valence-corrected chi connectivity index (χ3v) is 2.08. The first-order valence-corrected chi connectivity index (χ1v) is 5.41. The Morgan fingerprint density at radius 3 is 1.94 bits per heavy atom. The quantitative estimate of drug-likeness (QED) is 0.708. The van der Waals surface area contributed by atoms with Crippen molar-refractivity contribution in [1.82, 2.24) is 0 Å². The van der Waals surface area contributed by atoms with Crippen LogP contribution in [0, 0.1) is 44.9 Å². The molecule has 0 aliphatic carbocycles. The molecule has 7 nitrogen and oxygen atoms in total. The summed E-state index contributed by atoms with van der Waals surface area (Å²) in [5, 5.41) is 41.1. The van der Waals surface area contributed by atoms with Crippen molar-refractivity contribution in [3.8, 4) is 23.9 Å². The summed E-state index contributed by atoms with van der Waals surface area (Å²) in [5.74, 6) is 5.38. The molecule has 0 saturated heterocycles. The average Bonchev–Trinajstić information content (AvgIpc) is 2.94. The van der Waals surface area contributed by atoms with Crippen molar-refractivity contribution in [3.05, 3.63) is 12.4 Å². The first-order valence-electron chi connectivity index (χ1n) is 5.41. The number of rotatable bonds is 3. The third-order valence-electron chi connectivity index (χ3n) is 2.08. The molecular formula is C10H12BN7. The maximum absolute atomic E-state index is 8.09. The average molecular weight is 241 g/mol. The van der Waals surface area contributed by atoms with Crippen molar-refractivity contribution in [2.24, 2.45) is 10.3 Å². The Morgan fingerprint density at radius 1 is 1.11 bits per heavy atom. The van der Waals surface area contributed by atoms with Crippen LogP contribution in [0.5, 0.6) is 0 Å². The highest BCUT2D eigenvalue weighted by atomic mass is 15.6. The Balaban J connectivity index is 0.000000321. The highest BCUT2D eigenvalue weighted by molar-refractivity contribution is 7.05. The van der Waals surface area contributed by atoms with Crippen LogP contribution in [0.2, 0.25) is 0 Å². The van der Waals surface area contributed by atoms with Crippen LogP contribution in [0.1, 0.15) is 19.8 Å². The molecule has 0 amide bonds. The second kappa shape index (κ2) is 8.47. The molecule has 1 unspecified atom stereocenters. The standard InChI is InChI=1S/C6H11N3.C4BN4/c1-2-3-5-9-6-4-7-8-9;6-1-5(2-7,3-8)4-9/h4,6H,2-3,5H2,1H3;/q;-1/p+1. The van der Waals surface area contributed by atoms with Crippen molar-refractivity contribution < 1.29 is 5.01 Å². The summed E-state index contributed by atoms with van der Waals surface area (Å²) in [5.41, 5.74) is 0. The summed E-state index contributed by atoms with van der Waals surface area (Å²) in [7, 11) is 0. The molecule has 1 atom stereocenters. The van der Waals surface area contributed by atoms with Crippen LogP contribution in [0.25, 0.3) is 0 Å². The lowest BCUT2D eigenvalue weighted by atomic mass is 9.30. The lowest BCUT2D eigenvalue weighted by molar-refractivity contribution is -0.855. The van der Waals surface area contributed by atoms with E-state index in [0.717, 1.165) is 11.6 Å². The third kappa shape index (κ3) is 4.90. The Morgan fingerprint density at radius 2 is 1.67 bits per heavy atom. The molecule has 18 heavy (non-hydrogen) atoms. The van der Waals surface area contributed by atoms with Crippen molar-refractivity contribution in [2.75, 3.05) is 6.54 Å². The van der Waals surface area contributed by atoms with Crippen molar-refractivity contribution in [1.29, 1.82) is 21.0 Å². The summed E-state index contributed by atoms with van der Waals surface area (Å²) in [6, 6.07) is 0. The predicted molar refractivity (Wildman–Crippen MR) is 62.9 cm³/mol. The SMILES string of the molecule is CCCC[NH+]1C=CN=N1.N#C[B-](C#N)(C#N)C#N. The zero-order valence-electron chi connectivity index (χ0n) is 10.0. The molecule has 0 aromatic carbocycles. The number of hydrogen-bond acceptors (Lipinski definition) is 6. The van der Waals surface area contributed by atoms with Crippen LogP contribution in [0.4, 0.5) is 0 Å². The van der Waals surface area contributed by atoms with Gasteiger partial charge in [-0.2, -0.15) is 5.01 Å². The fourth-order valence-corrected chi connectivity index (χ4v) is 0.925. The molecule has 0 bridgehead atoms. The van der Waals surface area contributed by atoms with E-state index in [1.807, 2.05) is 6.20 Å². The van der Waals surface area contributed by atoms with E-state index in [1.165, 1.54) is 36.7 Å². The molecular weight excluding hydrogens is 229 g/mol. The van der Waals surface area contributed by atoms with Gasteiger partial charge >= 0.3 is 6.15 Å². The molecule has 0 aromatic rings. The largest absolute Gasteiger partial charge is 0.383 e. The monoisotopic (exact) mass is 241 g/mol. The van der Waals surface area contributed by atoms with Gasteiger partial charge in [0.15, 0.2) is 0 Å². The molecule has 1 heterocycles. The molecule has 0 radical (unpaired) electrons. The van der Waals surface area contributed by atoms with Crippen LogP contribution < -0.4 is 5.01 Å². The van der Waals surface area contributed by atoms with Crippen molar-refractivity contribution in [2.45, 2.75) is 19.8 Å². The van der Waals surface area contributed by atoms with Gasteiger partial charge < -0.3 is 0 Å². The molecule has 8 heteroatoms. The van der Waals surface area contributed by atoms with E-state index in [1.54, 1.807) is 6.20 Å². The highest BCUT2D eigenvalue weighted by Gasteiger charge is 2.22. The summed E-state index contributed by atoms with van der Waals surface area (Å²) >= 11 is 0. The molecule has 1 aliphatic heterocycles. The minimum atomic E-state index is -2.72. The smallest absolute Gasteiger partial charge is 0.245 e. The van der Waals surface area contributed by atoms with Crippen LogP contribution in [-0.4, -0.2) is 12.7 Å². The van der Waals surface area contributed by atoms with Crippen LogP contribution in [-0.2, 0) is 0 Å². The lowest BCUT2D eigenvalue weighted by Gasteiger charge is -1.98. The zero-order valence-corrected chi connectivity index (χ0v) is 10.0. The van der Waals surface area contributed by atoms with E-state index in [4.69, 9.17) is 21.0 Å². The molecule has 0 spiro atoms. The number of quaternary nitrogens is 1. The van der Waals surface area contributed by atoms with Gasteiger partial charge in [-0.05, 0) is 6.42 Å². The maximum atomic E-state index is 8.09. The molecule has 1 N–H and O–H groups in total. The van der Waals surface area contributed by atoms with Gasteiger partial charge in [-0.3, -0.25) is 0 Å². The minimum Gasteiger partial charge on any atom is -0.245 e. The van der Waals surface area contributed by atoms with Crippen molar-refractivity contribution >= 4 is 6.15 Å². The Labute approximate surface area is 106 Å². The molecule has 0 saturated carbocycles.